The summed E-state index contributed by atoms with van der Waals surface area (Å²) in [5, 5.41) is 0. The number of hydrogen-bond acceptors (Lipinski definition) is 1. The quantitative estimate of drug-likeness (QED) is 0.440. The van der Waals surface area contributed by atoms with Gasteiger partial charge < -0.3 is 0 Å². The van der Waals surface area contributed by atoms with Crippen LogP contribution in [0.1, 0.15) is 6.42 Å². The molecule has 0 aromatic carbocycles. The van der Waals surface area contributed by atoms with Gasteiger partial charge >= 0.3 is 51.4 Å². The van der Waals surface area contributed by atoms with Crippen LogP contribution in [0.2, 0.25) is 0 Å². The van der Waals surface area contributed by atoms with Crippen molar-refractivity contribution >= 4 is 20.2 Å². The van der Waals surface area contributed by atoms with Gasteiger partial charge in [-0.25, -0.2) is 0 Å². The second-order valence-corrected chi connectivity index (χ2v) is 5.40. The predicted molar refractivity (Wildman–Crippen MR) is 39.7 cm³/mol. The zero-order chi connectivity index (χ0) is 5.11. The molecular formula is C5H9IO. The van der Waals surface area contributed by atoms with E-state index >= 15 is 0 Å². The SMILES string of the molecule is CI1C=CCCO1. The summed E-state index contributed by atoms with van der Waals surface area (Å²) in [4.78, 5) is 2.21. The van der Waals surface area contributed by atoms with Crippen LogP contribution >= 0.6 is 20.2 Å². The molecule has 0 atom stereocenters. The standard InChI is InChI=1S/C5H9IO/c1-6-4-2-3-5-7-6/h2,4H,3,5H2,1H3. The Morgan fingerprint density at radius 1 is 1.71 bits per heavy atom. The summed E-state index contributed by atoms with van der Waals surface area (Å²) >= 11 is -0.920. The number of rotatable bonds is 0. The first-order chi connectivity index (χ1) is 3.39. The van der Waals surface area contributed by atoms with Crippen LogP contribution in [0.15, 0.2) is 10.2 Å². The van der Waals surface area contributed by atoms with E-state index in [0.717, 1.165) is 13.0 Å². The second-order valence-electron chi connectivity index (χ2n) is 1.43. The van der Waals surface area contributed by atoms with Gasteiger partial charge in [0.2, 0.25) is 0 Å². The van der Waals surface area contributed by atoms with Crippen LogP contribution in [0.5, 0.6) is 0 Å². The fourth-order valence-electron chi connectivity index (χ4n) is 0.459. The van der Waals surface area contributed by atoms with Crippen molar-refractivity contribution in [1.82, 2.24) is 0 Å². The first-order valence-corrected chi connectivity index (χ1v) is 6.56. The van der Waals surface area contributed by atoms with Crippen LogP contribution < -0.4 is 0 Å². The van der Waals surface area contributed by atoms with Gasteiger partial charge in [-0.2, -0.15) is 0 Å². The molecule has 0 aromatic rings. The molecule has 2 heteroatoms. The van der Waals surface area contributed by atoms with Crippen molar-refractivity contribution in [2.24, 2.45) is 0 Å². The van der Waals surface area contributed by atoms with E-state index in [1.54, 1.807) is 0 Å². The van der Waals surface area contributed by atoms with Gasteiger partial charge in [-0.15, -0.1) is 0 Å². The molecule has 0 radical (unpaired) electrons. The van der Waals surface area contributed by atoms with Crippen molar-refractivity contribution in [1.29, 1.82) is 0 Å². The van der Waals surface area contributed by atoms with Gasteiger partial charge in [0, 0.05) is 0 Å². The van der Waals surface area contributed by atoms with Gasteiger partial charge in [0.1, 0.15) is 0 Å². The van der Waals surface area contributed by atoms with Crippen molar-refractivity contribution < 1.29 is 3.07 Å². The maximum absolute atomic E-state index is 5.35. The average Bonchev–Trinajstić information content (AvgIpc) is 1.69. The van der Waals surface area contributed by atoms with Crippen molar-refractivity contribution in [3.63, 3.8) is 0 Å². The molecule has 1 rings (SSSR count). The first kappa shape index (κ1) is 5.56. The topological polar surface area (TPSA) is 9.23 Å². The summed E-state index contributed by atoms with van der Waals surface area (Å²) in [7, 11) is 0. The van der Waals surface area contributed by atoms with Crippen molar-refractivity contribution in [2.45, 2.75) is 6.42 Å². The zero-order valence-corrected chi connectivity index (χ0v) is 6.51. The molecule has 0 saturated carbocycles. The summed E-state index contributed by atoms with van der Waals surface area (Å²) in [5.74, 6) is 0. The van der Waals surface area contributed by atoms with Gasteiger partial charge in [0.05, 0.1) is 0 Å². The number of hydrogen-bond donors (Lipinski definition) is 0. The Morgan fingerprint density at radius 3 is 2.86 bits per heavy atom. The normalized spacial score (nSPS) is 25.6. The Kier molecular flexibility index (Phi) is 2.12. The van der Waals surface area contributed by atoms with Crippen molar-refractivity contribution in [3.05, 3.63) is 10.2 Å². The summed E-state index contributed by atoms with van der Waals surface area (Å²) in [6.07, 6.45) is 3.36. The molecule has 0 saturated heterocycles. The molecule has 0 spiro atoms. The van der Waals surface area contributed by atoms with Crippen molar-refractivity contribution in [3.8, 4) is 0 Å². The Bertz CT molecular complexity index is 80.1. The molecule has 0 unspecified atom stereocenters. The van der Waals surface area contributed by atoms with Gasteiger partial charge in [0.25, 0.3) is 0 Å². The summed E-state index contributed by atoms with van der Waals surface area (Å²) in [6.45, 7) is 0.970. The van der Waals surface area contributed by atoms with Crippen LogP contribution in [0.3, 0.4) is 0 Å². The maximum atomic E-state index is 5.35. The third kappa shape index (κ3) is 1.78. The molecule has 0 bridgehead atoms. The van der Waals surface area contributed by atoms with Gasteiger partial charge in [-0.05, 0) is 0 Å². The number of halogens is 1. The molecule has 0 N–H and O–H groups in total. The fourth-order valence-corrected chi connectivity index (χ4v) is 2.69. The average molecular weight is 212 g/mol. The van der Waals surface area contributed by atoms with E-state index in [1.807, 2.05) is 0 Å². The van der Waals surface area contributed by atoms with E-state index in [-0.39, 0.29) is 0 Å². The molecule has 0 aliphatic carbocycles. The minimum absolute atomic E-state index is 0.920. The third-order valence-electron chi connectivity index (χ3n) is 0.800. The second kappa shape index (κ2) is 2.67. The Labute approximate surface area is 51.7 Å². The van der Waals surface area contributed by atoms with Crippen LogP contribution in [0, 0.1) is 0 Å². The van der Waals surface area contributed by atoms with Crippen LogP contribution in [-0.4, -0.2) is 11.5 Å². The van der Waals surface area contributed by atoms with Crippen molar-refractivity contribution in [2.75, 3.05) is 11.5 Å². The summed E-state index contributed by atoms with van der Waals surface area (Å²) in [5.41, 5.74) is 0. The van der Waals surface area contributed by atoms with Gasteiger partial charge in [-0.3, -0.25) is 0 Å². The number of alkyl halides is 1. The van der Waals surface area contributed by atoms with Gasteiger partial charge in [0.15, 0.2) is 0 Å². The Morgan fingerprint density at radius 2 is 2.57 bits per heavy atom. The molecule has 7 heavy (non-hydrogen) atoms. The van der Waals surface area contributed by atoms with Crippen LogP contribution in [0.25, 0.3) is 0 Å². The Balaban J connectivity index is 2.36. The fraction of sp³-hybridized carbons (Fsp3) is 0.600. The van der Waals surface area contributed by atoms with E-state index in [0.29, 0.717) is 0 Å². The molecule has 42 valence electrons. The molecule has 1 heterocycles. The van der Waals surface area contributed by atoms with Crippen LogP contribution in [-0.2, 0) is 3.07 Å². The third-order valence-corrected chi connectivity index (χ3v) is 3.74. The van der Waals surface area contributed by atoms with Crippen LogP contribution in [0.4, 0.5) is 0 Å². The summed E-state index contributed by atoms with van der Waals surface area (Å²) in [6, 6.07) is 0. The summed E-state index contributed by atoms with van der Waals surface area (Å²) < 4.78 is 7.59. The van der Waals surface area contributed by atoms with E-state index < -0.39 is 20.2 Å². The van der Waals surface area contributed by atoms with E-state index in [2.05, 4.69) is 15.1 Å². The predicted octanol–water partition coefficient (Wildman–Crippen LogP) is 1.97. The minimum atomic E-state index is -0.920. The monoisotopic (exact) mass is 212 g/mol. The molecule has 1 nitrogen and oxygen atoms in total. The van der Waals surface area contributed by atoms with E-state index in [4.69, 9.17) is 3.07 Å². The molecule has 1 aliphatic heterocycles. The molecule has 0 amide bonds. The molecular weight excluding hydrogens is 203 g/mol. The first-order valence-electron chi connectivity index (χ1n) is 2.28. The zero-order valence-electron chi connectivity index (χ0n) is 4.36. The van der Waals surface area contributed by atoms with Gasteiger partial charge in [-0.1, -0.05) is 0 Å². The molecule has 1 aliphatic rings. The molecule has 0 aromatic heterocycles. The molecule has 0 fully saturated rings. The van der Waals surface area contributed by atoms with E-state index in [9.17, 15) is 0 Å². The van der Waals surface area contributed by atoms with E-state index in [1.165, 1.54) is 0 Å². The Hall–Kier alpha value is 0.430.